The lowest BCUT2D eigenvalue weighted by molar-refractivity contribution is 0.476. The van der Waals surface area contributed by atoms with Gasteiger partial charge in [0.2, 0.25) is 5.95 Å². The molecule has 4 heteroatoms. The van der Waals surface area contributed by atoms with Gasteiger partial charge in [-0.3, -0.25) is 0 Å². The SMILES string of the molecule is Cc1nc(N2CCCC[C@@H]2C)nc(C)c1N. The number of hydrogen-bond donors (Lipinski definition) is 1. The number of nitrogen functional groups attached to an aromatic ring is 1. The highest BCUT2D eigenvalue weighted by molar-refractivity contribution is 5.50. The van der Waals surface area contributed by atoms with Gasteiger partial charge in [0, 0.05) is 12.6 Å². The molecule has 1 fully saturated rings. The highest BCUT2D eigenvalue weighted by atomic mass is 15.3. The molecule has 2 heterocycles. The minimum absolute atomic E-state index is 0.538. The Morgan fingerprint density at radius 3 is 2.38 bits per heavy atom. The molecule has 1 aromatic rings. The first kappa shape index (κ1) is 11.2. The van der Waals surface area contributed by atoms with Crippen LogP contribution in [0.4, 0.5) is 11.6 Å². The van der Waals surface area contributed by atoms with Crippen molar-refractivity contribution >= 4 is 11.6 Å². The van der Waals surface area contributed by atoms with Crippen molar-refractivity contribution in [1.29, 1.82) is 0 Å². The van der Waals surface area contributed by atoms with Crippen LogP contribution in [0, 0.1) is 13.8 Å². The maximum absolute atomic E-state index is 5.87. The van der Waals surface area contributed by atoms with Gasteiger partial charge in [0.25, 0.3) is 0 Å². The standard InChI is InChI=1S/C12H20N4/c1-8-6-4-5-7-16(8)12-14-9(2)11(13)10(3)15-12/h8H,4-7,13H2,1-3H3/t8-/m0/s1. The van der Waals surface area contributed by atoms with Crippen LogP contribution in [-0.4, -0.2) is 22.6 Å². The van der Waals surface area contributed by atoms with Crippen molar-refractivity contribution in [2.45, 2.75) is 46.1 Å². The second-order valence-electron chi connectivity index (χ2n) is 4.65. The van der Waals surface area contributed by atoms with E-state index in [1.807, 2.05) is 13.8 Å². The highest BCUT2D eigenvalue weighted by Gasteiger charge is 2.21. The van der Waals surface area contributed by atoms with E-state index >= 15 is 0 Å². The zero-order valence-corrected chi connectivity index (χ0v) is 10.3. The van der Waals surface area contributed by atoms with Crippen LogP contribution in [0.1, 0.15) is 37.6 Å². The maximum Gasteiger partial charge on any atom is 0.226 e. The molecule has 4 nitrogen and oxygen atoms in total. The van der Waals surface area contributed by atoms with E-state index in [0.717, 1.165) is 23.9 Å². The number of aryl methyl sites for hydroxylation is 2. The monoisotopic (exact) mass is 220 g/mol. The summed E-state index contributed by atoms with van der Waals surface area (Å²) in [5.41, 5.74) is 8.37. The quantitative estimate of drug-likeness (QED) is 0.787. The molecule has 1 saturated heterocycles. The predicted octanol–water partition coefficient (Wildman–Crippen LogP) is 2.05. The summed E-state index contributed by atoms with van der Waals surface area (Å²) < 4.78 is 0. The Labute approximate surface area is 96.9 Å². The Kier molecular flexibility index (Phi) is 2.99. The number of hydrogen-bond acceptors (Lipinski definition) is 4. The van der Waals surface area contributed by atoms with Gasteiger partial charge in [0.1, 0.15) is 0 Å². The van der Waals surface area contributed by atoms with Crippen LogP contribution in [0.2, 0.25) is 0 Å². The average molecular weight is 220 g/mol. The number of piperidine rings is 1. The topological polar surface area (TPSA) is 55.0 Å². The summed E-state index contributed by atoms with van der Waals surface area (Å²) in [6.45, 7) is 7.19. The van der Waals surface area contributed by atoms with Crippen molar-refractivity contribution in [3.63, 3.8) is 0 Å². The number of nitrogens with zero attached hydrogens (tertiary/aromatic N) is 3. The molecule has 0 spiro atoms. The Morgan fingerprint density at radius 1 is 1.19 bits per heavy atom. The molecule has 0 aliphatic carbocycles. The lowest BCUT2D eigenvalue weighted by atomic mass is 10.0. The van der Waals surface area contributed by atoms with Crippen molar-refractivity contribution in [3.05, 3.63) is 11.4 Å². The van der Waals surface area contributed by atoms with Gasteiger partial charge in [-0.05, 0) is 40.0 Å². The molecule has 0 unspecified atom stereocenters. The first-order valence-corrected chi connectivity index (χ1v) is 5.97. The van der Waals surface area contributed by atoms with Gasteiger partial charge in [0.15, 0.2) is 0 Å². The van der Waals surface area contributed by atoms with Crippen LogP contribution >= 0.6 is 0 Å². The smallest absolute Gasteiger partial charge is 0.226 e. The molecule has 1 aliphatic rings. The minimum atomic E-state index is 0.538. The van der Waals surface area contributed by atoms with Gasteiger partial charge in [-0.15, -0.1) is 0 Å². The van der Waals surface area contributed by atoms with Crippen LogP contribution in [-0.2, 0) is 0 Å². The normalized spacial score (nSPS) is 21.2. The lowest BCUT2D eigenvalue weighted by Crippen LogP contribution is -2.38. The zero-order chi connectivity index (χ0) is 11.7. The van der Waals surface area contributed by atoms with Crippen molar-refractivity contribution in [1.82, 2.24) is 9.97 Å². The second kappa shape index (κ2) is 4.28. The van der Waals surface area contributed by atoms with Crippen molar-refractivity contribution in [3.8, 4) is 0 Å². The molecule has 16 heavy (non-hydrogen) atoms. The van der Waals surface area contributed by atoms with Gasteiger partial charge in [-0.1, -0.05) is 0 Å². The van der Waals surface area contributed by atoms with Crippen molar-refractivity contribution in [2.24, 2.45) is 0 Å². The third kappa shape index (κ3) is 1.96. The molecule has 0 aromatic carbocycles. The van der Waals surface area contributed by atoms with Crippen LogP contribution < -0.4 is 10.6 Å². The summed E-state index contributed by atoms with van der Waals surface area (Å²) in [7, 11) is 0. The summed E-state index contributed by atoms with van der Waals surface area (Å²) in [5.74, 6) is 0.844. The van der Waals surface area contributed by atoms with Gasteiger partial charge in [-0.25, -0.2) is 9.97 Å². The fourth-order valence-electron chi connectivity index (χ4n) is 2.23. The van der Waals surface area contributed by atoms with Crippen LogP contribution in [0.3, 0.4) is 0 Å². The largest absolute Gasteiger partial charge is 0.396 e. The molecule has 2 N–H and O–H groups in total. The van der Waals surface area contributed by atoms with E-state index in [-0.39, 0.29) is 0 Å². The summed E-state index contributed by atoms with van der Waals surface area (Å²) in [4.78, 5) is 11.3. The van der Waals surface area contributed by atoms with Crippen LogP contribution in [0.5, 0.6) is 0 Å². The van der Waals surface area contributed by atoms with Gasteiger partial charge in [-0.2, -0.15) is 0 Å². The average Bonchev–Trinajstić information content (AvgIpc) is 2.26. The lowest BCUT2D eigenvalue weighted by Gasteiger charge is -2.33. The van der Waals surface area contributed by atoms with Gasteiger partial charge in [0.05, 0.1) is 17.1 Å². The third-order valence-electron chi connectivity index (χ3n) is 3.37. The van der Waals surface area contributed by atoms with Crippen molar-refractivity contribution in [2.75, 3.05) is 17.2 Å². The van der Waals surface area contributed by atoms with E-state index in [1.54, 1.807) is 0 Å². The number of nitrogens with two attached hydrogens (primary N) is 1. The Hall–Kier alpha value is -1.32. The number of aromatic nitrogens is 2. The summed E-state index contributed by atoms with van der Waals surface area (Å²) in [5, 5.41) is 0. The van der Waals surface area contributed by atoms with E-state index in [0.29, 0.717) is 11.7 Å². The third-order valence-corrected chi connectivity index (χ3v) is 3.37. The van der Waals surface area contributed by atoms with Crippen LogP contribution in [0.25, 0.3) is 0 Å². The van der Waals surface area contributed by atoms with Crippen molar-refractivity contribution < 1.29 is 0 Å². The molecule has 2 rings (SSSR count). The fraction of sp³-hybridized carbons (Fsp3) is 0.667. The second-order valence-corrected chi connectivity index (χ2v) is 4.65. The summed E-state index contributed by atoms with van der Waals surface area (Å²) >= 11 is 0. The zero-order valence-electron chi connectivity index (χ0n) is 10.3. The predicted molar refractivity (Wildman–Crippen MR) is 66.6 cm³/mol. The first-order chi connectivity index (χ1) is 7.59. The number of anilines is 2. The molecular formula is C12H20N4. The van der Waals surface area contributed by atoms with E-state index in [2.05, 4.69) is 21.8 Å². The maximum atomic E-state index is 5.87. The summed E-state index contributed by atoms with van der Waals surface area (Å²) in [6.07, 6.45) is 3.77. The van der Waals surface area contributed by atoms with Gasteiger partial charge >= 0.3 is 0 Å². The molecule has 88 valence electrons. The molecule has 1 aromatic heterocycles. The Bertz CT molecular complexity index is 366. The minimum Gasteiger partial charge on any atom is -0.396 e. The molecule has 1 atom stereocenters. The van der Waals surface area contributed by atoms with Gasteiger partial charge < -0.3 is 10.6 Å². The van der Waals surface area contributed by atoms with E-state index in [4.69, 9.17) is 5.73 Å². The van der Waals surface area contributed by atoms with Crippen LogP contribution in [0.15, 0.2) is 0 Å². The van der Waals surface area contributed by atoms with E-state index < -0.39 is 0 Å². The Balaban J connectivity index is 2.32. The Morgan fingerprint density at radius 2 is 1.81 bits per heavy atom. The molecule has 0 radical (unpaired) electrons. The molecule has 0 bridgehead atoms. The molecule has 1 aliphatic heterocycles. The van der Waals surface area contributed by atoms with E-state index in [1.165, 1.54) is 19.3 Å². The molecule has 0 saturated carbocycles. The fourth-order valence-corrected chi connectivity index (χ4v) is 2.23. The van der Waals surface area contributed by atoms with E-state index in [9.17, 15) is 0 Å². The number of rotatable bonds is 1. The molecule has 0 amide bonds. The molecular weight excluding hydrogens is 200 g/mol. The first-order valence-electron chi connectivity index (χ1n) is 5.97. The summed E-state index contributed by atoms with van der Waals surface area (Å²) in [6, 6.07) is 0.538. The highest BCUT2D eigenvalue weighted by Crippen LogP contribution is 2.23.